The van der Waals surface area contributed by atoms with Crippen LogP contribution in [0, 0.1) is 11.3 Å². The van der Waals surface area contributed by atoms with Gasteiger partial charge in [-0.25, -0.2) is 4.79 Å². The first kappa shape index (κ1) is 16.4. The lowest BCUT2D eigenvalue weighted by Crippen LogP contribution is -2.51. The van der Waals surface area contributed by atoms with Crippen molar-refractivity contribution in [2.75, 3.05) is 24.7 Å². The standard InChI is InChI=1S/C17H30N2O2S/c1-13(2)9-16(4-5-16)11-18-15(20)19-14-3-7-21-17(10-14)6-8-22-12-17/h13-14H,3-12H2,1-2H3,(H2,18,19,20)/t14-,17-/m0/s1. The molecular weight excluding hydrogens is 296 g/mol. The fourth-order valence-corrected chi connectivity index (χ4v) is 5.39. The van der Waals surface area contributed by atoms with Gasteiger partial charge in [-0.2, -0.15) is 11.8 Å². The van der Waals surface area contributed by atoms with Crippen molar-refractivity contribution in [2.45, 2.75) is 64.0 Å². The van der Waals surface area contributed by atoms with E-state index >= 15 is 0 Å². The van der Waals surface area contributed by atoms with Gasteiger partial charge >= 0.3 is 6.03 Å². The highest BCUT2D eigenvalue weighted by Gasteiger charge is 2.43. The zero-order valence-electron chi connectivity index (χ0n) is 14.0. The minimum absolute atomic E-state index is 0.0164. The first-order valence-electron chi connectivity index (χ1n) is 8.77. The Balaban J connectivity index is 1.42. The molecule has 2 atom stereocenters. The summed E-state index contributed by atoms with van der Waals surface area (Å²) in [4.78, 5) is 12.2. The third-order valence-electron chi connectivity index (χ3n) is 5.32. The second-order valence-electron chi connectivity index (χ2n) is 7.95. The fraction of sp³-hybridized carbons (Fsp3) is 0.941. The summed E-state index contributed by atoms with van der Waals surface area (Å²) in [5, 5.41) is 6.31. The lowest BCUT2D eigenvalue weighted by molar-refractivity contribution is -0.0684. The van der Waals surface area contributed by atoms with E-state index in [1.807, 2.05) is 11.8 Å². The molecule has 3 rings (SSSR count). The Labute approximate surface area is 138 Å². The number of carbonyl (C=O) groups excluding carboxylic acids is 1. The molecule has 2 heterocycles. The van der Waals surface area contributed by atoms with E-state index in [0.29, 0.717) is 11.3 Å². The molecule has 2 amide bonds. The summed E-state index contributed by atoms with van der Waals surface area (Å²) in [6, 6.07) is 0.287. The van der Waals surface area contributed by atoms with Crippen molar-refractivity contribution in [2.24, 2.45) is 11.3 Å². The van der Waals surface area contributed by atoms with E-state index in [1.165, 1.54) is 25.0 Å². The van der Waals surface area contributed by atoms with E-state index in [0.717, 1.165) is 38.2 Å². The third kappa shape index (κ3) is 4.10. The molecule has 3 aliphatic rings. The van der Waals surface area contributed by atoms with Crippen LogP contribution in [0.4, 0.5) is 4.79 Å². The van der Waals surface area contributed by atoms with E-state index in [2.05, 4.69) is 24.5 Å². The van der Waals surface area contributed by atoms with E-state index in [1.54, 1.807) is 0 Å². The minimum atomic E-state index is 0.0164. The average molecular weight is 327 g/mol. The van der Waals surface area contributed by atoms with Crippen molar-refractivity contribution in [3.05, 3.63) is 0 Å². The predicted octanol–water partition coefficient (Wildman–Crippen LogP) is 3.17. The van der Waals surface area contributed by atoms with Gasteiger partial charge in [0.05, 0.1) is 5.60 Å². The van der Waals surface area contributed by atoms with Gasteiger partial charge in [-0.05, 0) is 55.6 Å². The third-order valence-corrected chi connectivity index (χ3v) is 6.54. The molecule has 1 saturated carbocycles. The maximum absolute atomic E-state index is 12.2. The molecule has 0 aromatic rings. The minimum Gasteiger partial charge on any atom is -0.374 e. The quantitative estimate of drug-likeness (QED) is 0.816. The van der Waals surface area contributed by atoms with Gasteiger partial charge in [-0.15, -0.1) is 0 Å². The molecule has 126 valence electrons. The van der Waals surface area contributed by atoms with Crippen LogP contribution >= 0.6 is 11.8 Å². The highest BCUT2D eigenvalue weighted by Crippen LogP contribution is 2.50. The Morgan fingerprint density at radius 1 is 1.36 bits per heavy atom. The summed E-state index contributed by atoms with van der Waals surface area (Å²) in [7, 11) is 0. The molecule has 1 aliphatic carbocycles. The molecule has 2 saturated heterocycles. The van der Waals surface area contributed by atoms with Gasteiger partial charge in [0.1, 0.15) is 0 Å². The summed E-state index contributed by atoms with van der Waals surface area (Å²) >= 11 is 1.97. The second-order valence-corrected chi connectivity index (χ2v) is 9.05. The van der Waals surface area contributed by atoms with Gasteiger partial charge < -0.3 is 15.4 Å². The van der Waals surface area contributed by atoms with Crippen LogP contribution in [-0.2, 0) is 4.74 Å². The molecule has 3 fully saturated rings. The van der Waals surface area contributed by atoms with Crippen LogP contribution in [0.3, 0.4) is 0 Å². The summed E-state index contributed by atoms with van der Waals surface area (Å²) in [6.45, 7) is 6.15. The van der Waals surface area contributed by atoms with Gasteiger partial charge in [-0.3, -0.25) is 0 Å². The van der Waals surface area contributed by atoms with E-state index in [4.69, 9.17) is 4.74 Å². The second kappa shape index (κ2) is 6.60. The number of hydrogen-bond acceptors (Lipinski definition) is 3. The predicted molar refractivity (Wildman–Crippen MR) is 91.3 cm³/mol. The number of nitrogens with one attached hydrogen (secondary N) is 2. The number of hydrogen-bond donors (Lipinski definition) is 2. The molecule has 1 spiro atoms. The molecule has 22 heavy (non-hydrogen) atoms. The normalized spacial score (nSPS) is 33.1. The number of urea groups is 1. The lowest BCUT2D eigenvalue weighted by atomic mass is 9.90. The number of carbonyl (C=O) groups is 1. The molecule has 0 unspecified atom stereocenters. The smallest absolute Gasteiger partial charge is 0.315 e. The van der Waals surface area contributed by atoms with Crippen molar-refractivity contribution in [3.8, 4) is 0 Å². The molecule has 0 aromatic heterocycles. The SMILES string of the molecule is CC(C)CC1(CNC(=O)N[C@H]2CCO[C@@]3(CCSC3)C2)CC1. The highest BCUT2D eigenvalue weighted by atomic mass is 32.2. The Hall–Kier alpha value is -0.420. The zero-order valence-corrected chi connectivity index (χ0v) is 14.8. The average Bonchev–Trinajstić information content (AvgIpc) is 3.08. The van der Waals surface area contributed by atoms with Gasteiger partial charge in [0.2, 0.25) is 0 Å². The highest BCUT2D eigenvalue weighted by molar-refractivity contribution is 7.99. The number of ether oxygens (including phenoxy) is 1. The maximum Gasteiger partial charge on any atom is 0.315 e. The van der Waals surface area contributed by atoms with Crippen LogP contribution in [0.1, 0.15) is 52.4 Å². The Morgan fingerprint density at radius 3 is 2.82 bits per heavy atom. The zero-order chi connectivity index (χ0) is 15.6. The molecule has 0 aromatic carbocycles. The van der Waals surface area contributed by atoms with Crippen molar-refractivity contribution in [3.63, 3.8) is 0 Å². The maximum atomic E-state index is 12.2. The van der Waals surface area contributed by atoms with Crippen molar-refractivity contribution in [1.82, 2.24) is 10.6 Å². The van der Waals surface area contributed by atoms with Crippen LogP contribution in [0.5, 0.6) is 0 Å². The van der Waals surface area contributed by atoms with E-state index < -0.39 is 0 Å². The van der Waals surface area contributed by atoms with Crippen LogP contribution in [0.25, 0.3) is 0 Å². The number of rotatable bonds is 5. The van der Waals surface area contributed by atoms with Crippen LogP contribution in [-0.4, -0.2) is 42.3 Å². The molecule has 4 nitrogen and oxygen atoms in total. The fourth-order valence-electron chi connectivity index (χ4n) is 4.01. The van der Waals surface area contributed by atoms with Crippen molar-refractivity contribution in [1.29, 1.82) is 0 Å². The van der Waals surface area contributed by atoms with Crippen LogP contribution < -0.4 is 10.6 Å². The molecule has 2 aliphatic heterocycles. The van der Waals surface area contributed by atoms with Gasteiger partial charge in [0, 0.05) is 24.9 Å². The molecule has 2 N–H and O–H groups in total. The summed E-state index contributed by atoms with van der Waals surface area (Å²) in [5.41, 5.74) is 0.431. The Morgan fingerprint density at radius 2 is 2.18 bits per heavy atom. The molecule has 0 bridgehead atoms. The first-order chi connectivity index (χ1) is 10.5. The molecule has 5 heteroatoms. The van der Waals surface area contributed by atoms with Crippen molar-refractivity contribution >= 4 is 17.8 Å². The Kier molecular flexibility index (Phi) is 4.93. The monoisotopic (exact) mass is 326 g/mol. The van der Waals surface area contributed by atoms with Crippen LogP contribution in [0.15, 0.2) is 0 Å². The number of thioether (sulfide) groups is 1. The summed E-state index contributed by atoms with van der Waals surface area (Å²) in [6.07, 6.45) is 6.81. The van der Waals surface area contributed by atoms with E-state index in [-0.39, 0.29) is 17.7 Å². The van der Waals surface area contributed by atoms with Crippen molar-refractivity contribution < 1.29 is 9.53 Å². The first-order valence-corrected chi connectivity index (χ1v) is 9.93. The van der Waals surface area contributed by atoms with Gasteiger partial charge in [0.15, 0.2) is 0 Å². The van der Waals surface area contributed by atoms with Crippen LogP contribution in [0.2, 0.25) is 0 Å². The number of amides is 2. The topological polar surface area (TPSA) is 50.4 Å². The summed E-state index contributed by atoms with van der Waals surface area (Å²) in [5.74, 6) is 2.99. The largest absolute Gasteiger partial charge is 0.374 e. The summed E-state index contributed by atoms with van der Waals surface area (Å²) < 4.78 is 6.01. The lowest BCUT2D eigenvalue weighted by Gasteiger charge is -2.38. The molecule has 0 radical (unpaired) electrons. The van der Waals surface area contributed by atoms with Gasteiger partial charge in [0.25, 0.3) is 0 Å². The van der Waals surface area contributed by atoms with E-state index in [9.17, 15) is 4.79 Å². The Bertz CT molecular complexity index is 403. The molecular formula is C17H30N2O2S. The van der Waals surface area contributed by atoms with Gasteiger partial charge in [-0.1, -0.05) is 13.8 Å².